The Hall–Kier alpha value is -1.71. The molecular weight excluding hydrogens is 228 g/mol. The van der Waals surface area contributed by atoms with Crippen molar-refractivity contribution in [1.29, 1.82) is 0 Å². The van der Waals surface area contributed by atoms with Gasteiger partial charge in [0.05, 0.1) is 12.3 Å². The molecule has 1 aromatic rings. The van der Waals surface area contributed by atoms with Gasteiger partial charge in [0.15, 0.2) is 0 Å². The minimum atomic E-state index is -0.0659. The van der Waals surface area contributed by atoms with E-state index < -0.39 is 0 Å². The van der Waals surface area contributed by atoms with Crippen LogP contribution in [-0.4, -0.2) is 19.1 Å². The quantitative estimate of drug-likeness (QED) is 0.784. The van der Waals surface area contributed by atoms with Gasteiger partial charge < -0.3 is 15.8 Å². The maximum absolute atomic E-state index is 11.9. The predicted octanol–water partition coefficient (Wildman–Crippen LogP) is 2.05. The molecule has 0 saturated heterocycles. The van der Waals surface area contributed by atoms with Crippen molar-refractivity contribution in [1.82, 2.24) is 5.32 Å². The largest absolute Gasteiger partial charge is 0.492 e. The maximum atomic E-state index is 11.9. The molecule has 2 unspecified atom stereocenters. The smallest absolute Gasteiger partial charge is 0.251 e. The van der Waals surface area contributed by atoms with E-state index in [4.69, 9.17) is 10.5 Å². The van der Waals surface area contributed by atoms with Crippen LogP contribution in [0.15, 0.2) is 18.2 Å². The van der Waals surface area contributed by atoms with Crippen LogP contribution in [-0.2, 0) is 0 Å². The molecular formula is C14H20N2O2. The average Bonchev–Trinajstić information content (AvgIpc) is 3.05. The lowest BCUT2D eigenvalue weighted by Crippen LogP contribution is -2.26. The van der Waals surface area contributed by atoms with Gasteiger partial charge in [0.2, 0.25) is 0 Å². The second-order valence-corrected chi connectivity index (χ2v) is 4.87. The van der Waals surface area contributed by atoms with Gasteiger partial charge >= 0.3 is 0 Å². The van der Waals surface area contributed by atoms with Crippen molar-refractivity contribution < 1.29 is 9.53 Å². The van der Waals surface area contributed by atoms with E-state index in [9.17, 15) is 4.79 Å². The first-order chi connectivity index (χ1) is 8.61. The highest BCUT2D eigenvalue weighted by atomic mass is 16.5. The summed E-state index contributed by atoms with van der Waals surface area (Å²) in [5, 5.41) is 2.93. The standard InChI is InChI=1S/C14H20N2O2/c1-3-18-13-5-4-10(7-12(13)15)14(17)16-8-11-6-9(11)2/h4-5,7,9,11H,3,6,8,15H2,1-2H3,(H,16,17). The second-order valence-electron chi connectivity index (χ2n) is 4.87. The van der Waals surface area contributed by atoms with Crippen LogP contribution in [0.25, 0.3) is 0 Å². The van der Waals surface area contributed by atoms with E-state index in [-0.39, 0.29) is 5.91 Å². The molecule has 1 aromatic carbocycles. The maximum Gasteiger partial charge on any atom is 0.251 e. The summed E-state index contributed by atoms with van der Waals surface area (Å²) >= 11 is 0. The minimum absolute atomic E-state index is 0.0659. The Morgan fingerprint density at radius 1 is 1.56 bits per heavy atom. The topological polar surface area (TPSA) is 64.3 Å². The van der Waals surface area contributed by atoms with Crippen molar-refractivity contribution in [3.8, 4) is 5.75 Å². The van der Waals surface area contributed by atoms with Crippen LogP contribution in [0.5, 0.6) is 5.75 Å². The molecule has 1 aliphatic rings. The van der Waals surface area contributed by atoms with E-state index in [0.717, 1.165) is 12.5 Å². The van der Waals surface area contributed by atoms with Crippen molar-refractivity contribution >= 4 is 11.6 Å². The summed E-state index contributed by atoms with van der Waals surface area (Å²) in [6.07, 6.45) is 1.21. The Balaban J connectivity index is 1.95. The zero-order valence-corrected chi connectivity index (χ0v) is 10.9. The Bertz CT molecular complexity index is 445. The molecule has 0 aliphatic heterocycles. The zero-order chi connectivity index (χ0) is 13.1. The van der Waals surface area contributed by atoms with Crippen molar-refractivity contribution in [2.24, 2.45) is 11.8 Å². The Labute approximate surface area is 108 Å². The van der Waals surface area contributed by atoms with Gasteiger partial charge in [-0.05, 0) is 43.4 Å². The molecule has 4 nitrogen and oxygen atoms in total. The number of nitrogen functional groups attached to an aromatic ring is 1. The molecule has 3 N–H and O–H groups in total. The summed E-state index contributed by atoms with van der Waals surface area (Å²) in [6.45, 7) is 5.42. The minimum Gasteiger partial charge on any atom is -0.492 e. The fourth-order valence-corrected chi connectivity index (χ4v) is 1.99. The molecule has 0 spiro atoms. The number of nitrogens with two attached hydrogens (primary N) is 1. The summed E-state index contributed by atoms with van der Waals surface area (Å²) in [4.78, 5) is 11.9. The van der Waals surface area contributed by atoms with Crippen LogP contribution in [0.3, 0.4) is 0 Å². The van der Waals surface area contributed by atoms with Gasteiger partial charge in [0.1, 0.15) is 5.75 Å². The normalized spacial score (nSPS) is 21.4. The lowest BCUT2D eigenvalue weighted by Gasteiger charge is -2.09. The molecule has 2 atom stereocenters. The van der Waals surface area contributed by atoms with E-state index in [1.54, 1.807) is 18.2 Å². The molecule has 2 rings (SSSR count). The van der Waals surface area contributed by atoms with Crippen molar-refractivity contribution in [3.05, 3.63) is 23.8 Å². The fourth-order valence-electron chi connectivity index (χ4n) is 1.99. The molecule has 1 fully saturated rings. The summed E-state index contributed by atoms with van der Waals surface area (Å²) < 4.78 is 5.34. The van der Waals surface area contributed by atoms with Gasteiger partial charge in [-0.15, -0.1) is 0 Å². The van der Waals surface area contributed by atoms with Gasteiger partial charge in [0.25, 0.3) is 5.91 Å². The third-order valence-electron chi connectivity index (χ3n) is 3.37. The van der Waals surface area contributed by atoms with E-state index >= 15 is 0 Å². The Morgan fingerprint density at radius 3 is 2.83 bits per heavy atom. The number of benzene rings is 1. The monoisotopic (exact) mass is 248 g/mol. The highest BCUT2D eigenvalue weighted by Gasteiger charge is 2.32. The van der Waals surface area contributed by atoms with Crippen LogP contribution in [0.4, 0.5) is 5.69 Å². The molecule has 1 saturated carbocycles. The molecule has 18 heavy (non-hydrogen) atoms. The third kappa shape index (κ3) is 2.94. The van der Waals surface area contributed by atoms with Gasteiger partial charge in [-0.3, -0.25) is 4.79 Å². The number of anilines is 1. The Morgan fingerprint density at radius 2 is 2.28 bits per heavy atom. The summed E-state index contributed by atoms with van der Waals surface area (Å²) in [7, 11) is 0. The molecule has 4 heteroatoms. The first kappa shape index (κ1) is 12.7. The fraction of sp³-hybridized carbons (Fsp3) is 0.500. The summed E-state index contributed by atoms with van der Waals surface area (Å²) in [5.74, 6) is 1.96. The average molecular weight is 248 g/mol. The highest BCUT2D eigenvalue weighted by molar-refractivity contribution is 5.95. The van der Waals surface area contributed by atoms with E-state index in [2.05, 4.69) is 12.2 Å². The van der Waals surface area contributed by atoms with Crippen LogP contribution in [0.2, 0.25) is 0 Å². The number of ether oxygens (including phenoxy) is 1. The molecule has 1 aliphatic carbocycles. The van der Waals surface area contributed by atoms with Gasteiger partial charge in [0, 0.05) is 12.1 Å². The SMILES string of the molecule is CCOc1ccc(C(=O)NCC2CC2C)cc1N. The van der Waals surface area contributed by atoms with Crippen molar-refractivity contribution in [3.63, 3.8) is 0 Å². The van der Waals surface area contributed by atoms with E-state index in [0.29, 0.717) is 29.5 Å². The molecule has 0 bridgehead atoms. The Kier molecular flexibility index (Phi) is 3.75. The predicted molar refractivity (Wildman–Crippen MR) is 71.6 cm³/mol. The van der Waals surface area contributed by atoms with Gasteiger partial charge in [-0.1, -0.05) is 6.92 Å². The number of hydrogen-bond donors (Lipinski definition) is 2. The number of amides is 1. The molecule has 1 amide bonds. The molecule has 98 valence electrons. The summed E-state index contributed by atoms with van der Waals surface area (Å²) in [6, 6.07) is 5.15. The summed E-state index contributed by atoms with van der Waals surface area (Å²) in [5.41, 5.74) is 6.92. The number of rotatable bonds is 5. The lowest BCUT2D eigenvalue weighted by molar-refractivity contribution is 0.0951. The molecule has 0 radical (unpaired) electrons. The van der Waals surface area contributed by atoms with Crippen molar-refractivity contribution in [2.75, 3.05) is 18.9 Å². The van der Waals surface area contributed by atoms with E-state index in [1.807, 2.05) is 6.92 Å². The highest BCUT2D eigenvalue weighted by Crippen LogP contribution is 2.36. The molecule has 0 aromatic heterocycles. The van der Waals surface area contributed by atoms with Crippen LogP contribution in [0.1, 0.15) is 30.6 Å². The first-order valence-electron chi connectivity index (χ1n) is 6.42. The number of carbonyl (C=O) groups is 1. The first-order valence-corrected chi connectivity index (χ1v) is 6.42. The number of nitrogens with one attached hydrogen (secondary N) is 1. The van der Waals surface area contributed by atoms with Gasteiger partial charge in [-0.25, -0.2) is 0 Å². The third-order valence-corrected chi connectivity index (χ3v) is 3.37. The van der Waals surface area contributed by atoms with Crippen LogP contribution in [0, 0.1) is 11.8 Å². The zero-order valence-electron chi connectivity index (χ0n) is 10.9. The van der Waals surface area contributed by atoms with E-state index in [1.165, 1.54) is 6.42 Å². The van der Waals surface area contributed by atoms with Crippen molar-refractivity contribution in [2.45, 2.75) is 20.3 Å². The number of hydrogen-bond acceptors (Lipinski definition) is 3. The number of carbonyl (C=O) groups excluding carboxylic acids is 1. The molecule has 0 heterocycles. The second kappa shape index (κ2) is 5.29. The lowest BCUT2D eigenvalue weighted by atomic mass is 10.1. The van der Waals surface area contributed by atoms with Crippen LogP contribution >= 0.6 is 0 Å². The van der Waals surface area contributed by atoms with Crippen LogP contribution < -0.4 is 15.8 Å². The van der Waals surface area contributed by atoms with Gasteiger partial charge in [-0.2, -0.15) is 0 Å².